The maximum absolute atomic E-state index is 2.76. The molecule has 0 spiro atoms. The van der Waals surface area contributed by atoms with E-state index in [1.165, 1.54) is 117 Å². The van der Waals surface area contributed by atoms with Gasteiger partial charge in [-0.2, -0.15) is 0 Å². The molecule has 0 bridgehead atoms. The molecular formula is C75H77BN2. The minimum absolute atomic E-state index is 0.00678. The van der Waals surface area contributed by atoms with Gasteiger partial charge in [-0.25, -0.2) is 0 Å². The van der Waals surface area contributed by atoms with Gasteiger partial charge in [0.15, 0.2) is 0 Å². The SMILES string of the molecule is CC(C)c1cc2c3c(c1)N(c1c(-c4ccccc4)cc(C(C)(C)C)cc1-c1ccccc1)c1cc4c(cc1B3c1ccc(C(C)(C)c3ccccc3)cc1N2c1cccc(C(C)(C)c2ccccc2)c1)C(C)(C)CCC4(C)C. The average molecular weight is 1020 g/mol. The van der Waals surface area contributed by atoms with Gasteiger partial charge in [0.2, 0.25) is 0 Å². The van der Waals surface area contributed by atoms with Crippen molar-refractivity contribution in [3.63, 3.8) is 0 Å². The fourth-order valence-corrected chi connectivity index (χ4v) is 13.4. The van der Waals surface area contributed by atoms with Crippen LogP contribution in [0.1, 0.15) is 153 Å². The minimum Gasteiger partial charge on any atom is -0.311 e. The summed E-state index contributed by atoms with van der Waals surface area (Å²) in [6, 6.07) is 77.1. The molecule has 0 amide bonds. The van der Waals surface area contributed by atoms with E-state index in [0.29, 0.717) is 0 Å². The summed E-state index contributed by atoms with van der Waals surface area (Å²) >= 11 is 0. The first-order valence-corrected chi connectivity index (χ1v) is 28.8. The summed E-state index contributed by atoms with van der Waals surface area (Å²) in [5.41, 5.74) is 26.5. The normalized spacial score (nSPS) is 15.4. The summed E-state index contributed by atoms with van der Waals surface area (Å²) in [5.74, 6) is 0.247. The van der Waals surface area contributed by atoms with Crippen molar-refractivity contribution in [3.05, 3.63) is 245 Å². The highest BCUT2D eigenvalue weighted by atomic mass is 15.2. The summed E-state index contributed by atoms with van der Waals surface area (Å²) in [5, 5.41) is 0. The molecule has 3 aliphatic rings. The van der Waals surface area contributed by atoms with Gasteiger partial charge in [0.25, 0.3) is 6.71 Å². The highest BCUT2D eigenvalue weighted by molar-refractivity contribution is 7.00. The van der Waals surface area contributed by atoms with Crippen molar-refractivity contribution in [1.29, 1.82) is 0 Å². The molecule has 0 saturated carbocycles. The van der Waals surface area contributed by atoms with E-state index in [0.717, 1.165) is 12.8 Å². The molecule has 0 radical (unpaired) electrons. The zero-order valence-electron chi connectivity index (χ0n) is 48.5. The van der Waals surface area contributed by atoms with Crippen LogP contribution in [0.25, 0.3) is 22.3 Å². The zero-order valence-corrected chi connectivity index (χ0v) is 48.5. The van der Waals surface area contributed by atoms with Gasteiger partial charge in [-0.1, -0.05) is 242 Å². The van der Waals surface area contributed by atoms with E-state index in [1.807, 2.05) is 0 Å². The second-order valence-corrected chi connectivity index (χ2v) is 26.7. The summed E-state index contributed by atoms with van der Waals surface area (Å²) in [7, 11) is 0. The Morgan fingerprint density at radius 2 is 0.872 bits per heavy atom. The molecule has 2 heterocycles. The van der Waals surface area contributed by atoms with Crippen LogP contribution >= 0.6 is 0 Å². The largest absolute Gasteiger partial charge is 0.311 e. The summed E-state index contributed by atoms with van der Waals surface area (Å²) in [6.45, 7) is 31.3. The Kier molecular flexibility index (Phi) is 12.3. The summed E-state index contributed by atoms with van der Waals surface area (Å²) < 4.78 is 0. The van der Waals surface area contributed by atoms with Gasteiger partial charge in [-0.05, 0) is 156 Å². The molecule has 12 rings (SSSR count). The molecule has 3 heteroatoms. The van der Waals surface area contributed by atoms with Gasteiger partial charge in [-0.3, -0.25) is 0 Å². The lowest BCUT2D eigenvalue weighted by Gasteiger charge is -2.48. The number of rotatable bonds is 9. The average Bonchev–Trinajstić information content (AvgIpc) is 2.57. The van der Waals surface area contributed by atoms with E-state index in [-0.39, 0.29) is 39.7 Å². The molecule has 0 fully saturated rings. The van der Waals surface area contributed by atoms with Crippen LogP contribution in [0.15, 0.2) is 200 Å². The summed E-state index contributed by atoms with van der Waals surface area (Å²) in [4.78, 5) is 5.43. The quantitative estimate of drug-likeness (QED) is 0.133. The van der Waals surface area contributed by atoms with Crippen molar-refractivity contribution in [2.45, 2.75) is 136 Å². The van der Waals surface area contributed by atoms with Crippen molar-refractivity contribution in [2.75, 3.05) is 9.80 Å². The Balaban J connectivity index is 1.25. The van der Waals surface area contributed by atoms with E-state index in [9.17, 15) is 0 Å². The summed E-state index contributed by atoms with van der Waals surface area (Å²) in [6.07, 6.45) is 2.28. The predicted molar refractivity (Wildman–Crippen MR) is 337 cm³/mol. The fraction of sp³-hybridized carbons (Fsp3) is 0.280. The minimum atomic E-state index is -0.263. The third-order valence-electron chi connectivity index (χ3n) is 18.6. The third-order valence-corrected chi connectivity index (χ3v) is 18.6. The highest BCUT2D eigenvalue weighted by Crippen LogP contribution is 2.55. The van der Waals surface area contributed by atoms with Crippen LogP contribution in [0.2, 0.25) is 0 Å². The van der Waals surface area contributed by atoms with E-state index < -0.39 is 0 Å². The van der Waals surface area contributed by atoms with E-state index in [4.69, 9.17) is 0 Å². The van der Waals surface area contributed by atoms with Gasteiger partial charge >= 0.3 is 0 Å². The van der Waals surface area contributed by atoms with E-state index in [1.54, 1.807) is 0 Å². The molecule has 0 saturated heterocycles. The smallest absolute Gasteiger partial charge is 0.252 e. The van der Waals surface area contributed by atoms with E-state index in [2.05, 4.69) is 300 Å². The Bertz CT molecular complexity index is 3680. The van der Waals surface area contributed by atoms with Crippen LogP contribution in [-0.2, 0) is 27.1 Å². The Morgan fingerprint density at radius 1 is 0.410 bits per heavy atom. The van der Waals surface area contributed by atoms with Crippen LogP contribution in [-0.4, -0.2) is 6.71 Å². The molecule has 78 heavy (non-hydrogen) atoms. The van der Waals surface area contributed by atoms with Crippen molar-refractivity contribution in [3.8, 4) is 22.3 Å². The number of fused-ring (bicyclic) bond motifs is 5. The molecule has 9 aromatic rings. The second kappa shape index (κ2) is 18.7. The van der Waals surface area contributed by atoms with Gasteiger partial charge in [0.05, 0.1) is 5.69 Å². The van der Waals surface area contributed by atoms with Crippen LogP contribution in [0, 0.1) is 0 Å². The molecule has 2 aliphatic heterocycles. The maximum atomic E-state index is 2.76. The standard InChI is InChI=1S/C75H77BN2/c1-49(2)52-41-67-69-68(42-52)78(70-59(50-27-18-14-19-28-50)44-57(71(3,4)5)45-60(70)51-29-20-15-21-30-51)66-48-62-61(72(6,7)39-40-73(62,8)9)47-64(66)76(69)63-38-37-56(75(12,13)54-33-24-17-25-34-54)46-65(63)77(67)58-36-26-35-55(43-58)74(10,11)53-31-22-16-23-32-53/h14-38,41-49H,39-40H2,1-13H3. The Morgan fingerprint density at radius 3 is 1.38 bits per heavy atom. The second-order valence-electron chi connectivity index (χ2n) is 26.7. The van der Waals surface area contributed by atoms with Gasteiger partial charge in [0, 0.05) is 50.4 Å². The lowest BCUT2D eigenvalue weighted by molar-refractivity contribution is 0.332. The first-order chi connectivity index (χ1) is 37.1. The van der Waals surface area contributed by atoms with Crippen molar-refractivity contribution >= 4 is 57.2 Å². The van der Waals surface area contributed by atoms with Gasteiger partial charge < -0.3 is 9.80 Å². The van der Waals surface area contributed by atoms with E-state index >= 15 is 0 Å². The molecule has 0 aromatic heterocycles. The fourth-order valence-electron chi connectivity index (χ4n) is 13.4. The number of anilines is 6. The molecule has 0 unspecified atom stereocenters. The van der Waals surface area contributed by atoms with Crippen LogP contribution in [0.3, 0.4) is 0 Å². The topological polar surface area (TPSA) is 6.48 Å². The number of hydrogen-bond acceptors (Lipinski definition) is 2. The lowest BCUT2D eigenvalue weighted by Crippen LogP contribution is -2.62. The Hall–Kier alpha value is -7.36. The van der Waals surface area contributed by atoms with Crippen LogP contribution in [0.4, 0.5) is 34.1 Å². The predicted octanol–water partition coefficient (Wildman–Crippen LogP) is 18.5. The molecule has 1 aliphatic carbocycles. The van der Waals surface area contributed by atoms with Crippen molar-refractivity contribution < 1.29 is 0 Å². The Labute approximate surface area is 467 Å². The monoisotopic (exact) mass is 1020 g/mol. The number of benzene rings is 9. The van der Waals surface area contributed by atoms with Crippen LogP contribution in [0.5, 0.6) is 0 Å². The highest BCUT2D eigenvalue weighted by Gasteiger charge is 2.48. The van der Waals surface area contributed by atoms with Gasteiger partial charge in [0.1, 0.15) is 0 Å². The third kappa shape index (κ3) is 8.46. The van der Waals surface area contributed by atoms with Crippen molar-refractivity contribution in [1.82, 2.24) is 0 Å². The van der Waals surface area contributed by atoms with Crippen LogP contribution < -0.4 is 26.2 Å². The molecule has 0 atom stereocenters. The molecule has 2 nitrogen and oxygen atoms in total. The lowest BCUT2D eigenvalue weighted by atomic mass is 9.33. The number of hydrogen-bond donors (Lipinski definition) is 0. The van der Waals surface area contributed by atoms with Crippen molar-refractivity contribution in [2.24, 2.45) is 0 Å². The first kappa shape index (κ1) is 51.4. The van der Waals surface area contributed by atoms with Gasteiger partial charge in [-0.15, -0.1) is 0 Å². The molecule has 390 valence electrons. The molecule has 9 aromatic carbocycles. The molecule has 0 N–H and O–H groups in total. The first-order valence-electron chi connectivity index (χ1n) is 28.8. The number of nitrogens with zero attached hydrogens (tertiary/aromatic N) is 2. The zero-order chi connectivity index (χ0) is 54.7. The molecular weight excluding hydrogens is 940 g/mol. The maximum Gasteiger partial charge on any atom is 0.252 e.